The molecule has 0 bridgehead atoms. The average molecular weight is 202 g/mol. The van der Waals surface area contributed by atoms with Gasteiger partial charge >= 0.3 is 0 Å². The highest BCUT2D eigenvalue weighted by Gasteiger charge is 2.07. The first-order chi connectivity index (χ1) is 4.55. The van der Waals surface area contributed by atoms with Crippen molar-refractivity contribution in [3.05, 3.63) is 21.4 Å². The molecule has 56 valence electrons. The number of hydrogen-bond acceptors (Lipinski definition) is 0. The predicted molar refractivity (Wildman–Crippen MR) is 47.3 cm³/mol. The maximum absolute atomic E-state index is 3.51. The minimum Gasteiger partial charge on any atom is -0.342 e. The van der Waals surface area contributed by atoms with Crippen LogP contribution in [-0.4, -0.2) is 4.57 Å². The fraction of sp³-hybridized carbons (Fsp3) is 0.500. The van der Waals surface area contributed by atoms with Crippen molar-refractivity contribution in [3.63, 3.8) is 0 Å². The largest absolute Gasteiger partial charge is 0.342 e. The normalized spacial score (nSPS) is 10.5. The molecule has 0 aliphatic rings. The lowest BCUT2D eigenvalue weighted by atomic mass is 10.2. The zero-order valence-electron chi connectivity index (χ0n) is 6.83. The van der Waals surface area contributed by atoms with E-state index in [0.29, 0.717) is 0 Å². The van der Waals surface area contributed by atoms with Crippen LogP contribution in [-0.2, 0) is 7.05 Å². The van der Waals surface area contributed by atoms with Gasteiger partial charge in [0.05, 0.1) is 4.60 Å². The zero-order valence-corrected chi connectivity index (χ0v) is 8.41. The van der Waals surface area contributed by atoms with Gasteiger partial charge in [-0.3, -0.25) is 0 Å². The lowest BCUT2D eigenvalue weighted by Crippen LogP contribution is -1.90. The summed E-state index contributed by atoms with van der Waals surface area (Å²) >= 11 is 3.51. The monoisotopic (exact) mass is 201 g/mol. The van der Waals surface area contributed by atoms with E-state index in [-0.39, 0.29) is 0 Å². The predicted octanol–water partition coefficient (Wildman–Crippen LogP) is 2.71. The highest BCUT2D eigenvalue weighted by molar-refractivity contribution is 9.10. The lowest BCUT2D eigenvalue weighted by Gasteiger charge is -1.96. The summed E-state index contributed by atoms with van der Waals surface area (Å²) in [6.07, 6.45) is 0. The van der Waals surface area contributed by atoms with Crippen molar-refractivity contribution in [1.29, 1.82) is 0 Å². The summed E-state index contributed by atoms with van der Waals surface area (Å²) < 4.78 is 3.35. The summed E-state index contributed by atoms with van der Waals surface area (Å²) in [5, 5.41) is 0. The molecule has 1 nitrogen and oxygen atoms in total. The van der Waals surface area contributed by atoms with Gasteiger partial charge in [0.2, 0.25) is 0 Å². The zero-order chi connectivity index (χ0) is 7.89. The van der Waals surface area contributed by atoms with E-state index in [1.165, 1.54) is 21.4 Å². The third-order valence-corrected chi connectivity index (χ3v) is 3.34. The molecule has 0 saturated carbocycles. The quantitative estimate of drug-likeness (QED) is 0.609. The standard InChI is InChI=1S/C8H12BrN/c1-5-6(2)8(9)10(4)7(5)3/h1-4H3. The van der Waals surface area contributed by atoms with Crippen molar-refractivity contribution in [2.75, 3.05) is 0 Å². The lowest BCUT2D eigenvalue weighted by molar-refractivity contribution is 0.853. The molecule has 0 radical (unpaired) electrons. The van der Waals surface area contributed by atoms with Crippen LogP contribution >= 0.6 is 15.9 Å². The third-order valence-electron chi connectivity index (χ3n) is 2.21. The van der Waals surface area contributed by atoms with Crippen molar-refractivity contribution < 1.29 is 0 Å². The Kier molecular flexibility index (Phi) is 1.90. The highest BCUT2D eigenvalue weighted by atomic mass is 79.9. The number of aromatic nitrogens is 1. The smallest absolute Gasteiger partial charge is 0.0878 e. The highest BCUT2D eigenvalue weighted by Crippen LogP contribution is 2.24. The van der Waals surface area contributed by atoms with Gasteiger partial charge in [-0.05, 0) is 47.8 Å². The van der Waals surface area contributed by atoms with Crippen LogP contribution < -0.4 is 0 Å². The summed E-state index contributed by atoms with van der Waals surface area (Å²) in [7, 11) is 2.07. The molecule has 0 aromatic carbocycles. The number of hydrogen-bond donors (Lipinski definition) is 0. The first-order valence-electron chi connectivity index (χ1n) is 3.33. The first-order valence-corrected chi connectivity index (χ1v) is 4.13. The van der Waals surface area contributed by atoms with E-state index in [0.717, 1.165) is 0 Å². The van der Waals surface area contributed by atoms with Crippen LogP contribution in [0.2, 0.25) is 0 Å². The summed E-state index contributed by atoms with van der Waals surface area (Å²) in [5.74, 6) is 0. The molecule has 1 aromatic rings. The van der Waals surface area contributed by atoms with Gasteiger partial charge in [-0.25, -0.2) is 0 Å². The molecule has 1 heterocycles. The topological polar surface area (TPSA) is 4.93 Å². The fourth-order valence-electron chi connectivity index (χ4n) is 1.08. The molecule has 10 heavy (non-hydrogen) atoms. The molecule has 1 aromatic heterocycles. The number of halogens is 1. The summed E-state index contributed by atoms with van der Waals surface area (Å²) in [6.45, 7) is 6.41. The molecule has 0 aliphatic carbocycles. The van der Waals surface area contributed by atoms with Crippen molar-refractivity contribution in [1.82, 2.24) is 4.57 Å². The van der Waals surface area contributed by atoms with Crippen LogP contribution in [0, 0.1) is 20.8 Å². The van der Waals surface area contributed by atoms with E-state index in [4.69, 9.17) is 0 Å². The Labute approximate surface area is 70.2 Å². The summed E-state index contributed by atoms with van der Waals surface area (Å²) in [4.78, 5) is 0. The van der Waals surface area contributed by atoms with Crippen LogP contribution in [0.25, 0.3) is 0 Å². The number of nitrogens with zero attached hydrogens (tertiary/aromatic N) is 1. The first kappa shape index (κ1) is 7.86. The van der Waals surface area contributed by atoms with Gasteiger partial charge in [0.1, 0.15) is 0 Å². The molecular weight excluding hydrogens is 190 g/mol. The summed E-state index contributed by atoms with van der Waals surface area (Å²) in [5.41, 5.74) is 4.07. The maximum Gasteiger partial charge on any atom is 0.0878 e. The van der Waals surface area contributed by atoms with Gasteiger partial charge in [-0.15, -0.1) is 0 Å². The van der Waals surface area contributed by atoms with E-state index in [2.05, 4.69) is 48.3 Å². The maximum atomic E-state index is 3.51. The van der Waals surface area contributed by atoms with Crippen molar-refractivity contribution in [3.8, 4) is 0 Å². The molecule has 0 unspecified atom stereocenters. The molecule has 0 fully saturated rings. The van der Waals surface area contributed by atoms with Gasteiger partial charge in [0, 0.05) is 12.7 Å². The molecule has 1 rings (SSSR count). The minimum atomic E-state index is 1.20. The van der Waals surface area contributed by atoms with E-state index >= 15 is 0 Å². The van der Waals surface area contributed by atoms with Gasteiger partial charge in [-0.1, -0.05) is 0 Å². The Morgan fingerprint density at radius 3 is 1.70 bits per heavy atom. The van der Waals surface area contributed by atoms with Crippen LogP contribution in [0.3, 0.4) is 0 Å². The average Bonchev–Trinajstić information content (AvgIpc) is 2.07. The Morgan fingerprint density at radius 2 is 1.60 bits per heavy atom. The molecule has 0 N–H and O–H groups in total. The minimum absolute atomic E-state index is 1.20. The Morgan fingerprint density at radius 1 is 1.10 bits per heavy atom. The molecule has 0 atom stereocenters. The summed E-state index contributed by atoms with van der Waals surface area (Å²) in [6, 6.07) is 0. The van der Waals surface area contributed by atoms with E-state index in [9.17, 15) is 0 Å². The second-order valence-electron chi connectivity index (χ2n) is 2.69. The van der Waals surface area contributed by atoms with E-state index in [1.54, 1.807) is 0 Å². The van der Waals surface area contributed by atoms with Gasteiger partial charge < -0.3 is 4.57 Å². The molecule has 0 spiro atoms. The van der Waals surface area contributed by atoms with Crippen LogP contribution in [0.15, 0.2) is 4.60 Å². The van der Waals surface area contributed by atoms with E-state index in [1.807, 2.05) is 0 Å². The van der Waals surface area contributed by atoms with Crippen LogP contribution in [0.4, 0.5) is 0 Å². The second-order valence-corrected chi connectivity index (χ2v) is 3.44. The number of rotatable bonds is 0. The molecule has 2 heteroatoms. The van der Waals surface area contributed by atoms with Gasteiger partial charge in [-0.2, -0.15) is 0 Å². The van der Waals surface area contributed by atoms with Crippen molar-refractivity contribution in [2.24, 2.45) is 7.05 Å². The molecule has 0 aliphatic heterocycles. The Bertz CT molecular complexity index is 180. The van der Waals surface area contributed by atoms with Gasteiger partial charge in [0.25, 0.3) is 0 Å². The van der Waals surface area contributed by atoms with E-state index < -0.39 is 0 Å². The van der Waals surface area contributed by atoms with Crippen molar-refractivity contribution >= 4 is 15.9 Å². The second kappa shape index (κ2) is 2.42. The Hall–Kier alpha value is -0.240. The molecular formula is C8H12BrN. The SMILES string of the molecule is Cc1c(C)c(Br)n(C)c1C. The van der Waals surface area contributed by atoms with Crippen LogP contribution in [0.5, 0.6) is 0 Å². The van der Waals surface area contributed by atoms with Crippen molar-refractivity contribution in [2.45, 2.75) is 20.8 Å². The van der Waals surface area contributed by atoms with Gasteiger partial charge in [0.15, 0.2) is 0 Å². The molecule has 0 amide bonds. The van der Waals surface area contributed by atoms with Crippen LogP contribution in [0.1, 0.15) is 16.8 Å². The third kappa shape index (κ3) is 0.908. The fourth-order valence-corrected chi connectivity index (χ4v) is 1.64. The Balaban J connectivity index is 3.44. The molecule has 0 saturated heterocycles.